The summed E-state index contributed by atoms with van der Waals surface area (Å²) in [7, 11) is 1.51. The first-order chi connectivity index (χ1) is 11.0. The maximum atomic E-state index is 12.1. The number of hydrogen-bond acceptors (Lipinski definition) is 4. The molecule has 1 fully saturated rings. The van der Waals surface area contributed by atoms with Gasteiger partial charge in [-0.3, -0.25) is 4.79 Å². The van der Waals surface area contributed by atoms with Gasteiger partial charge in [0.15, 0.2) is 18.1 Å². The number of carbonyl (C=O) groups is 1. The number of benzene rings is 1. The third-order valence-corrected chi connectivity index (χ3v) is 4.70. The average Bonchev–Trinajstić information content (AvgIpc) is 2.57. The Morgan fingerprint density at radius 2 is 2.13 bits per heavy atom. The summed E-state index contributed by atoms with van der Waals surface area (Å²) < 4.78 is 10.7. The summed E-state index contributed by atoms with van der Waals surface area (Å²) in [6.07, 6.45) is 3.41. The van der Waals surface area contributed by atoms with Crippen LogP contribution in [0.25, 0.3) is 0 Å². The molecule has 2 rings (SSSR count). The van der Waals surface area contributed by atoms with E-state index in [9.17, 15) is 4.79 Å². The van der Waals surface area contributed by atoms with Crippen LogP contribution in [0.1, 0.15) is 38.7 Å². The first kappa shape index (κ1) is 17.1. The SMILES string of the molecule is COc1cc(C#N)ccc1OCC(=O)N[C@@H]1CCC[C@@H](C)[C@H]1C. The Bertz CT molecular complexity index is 594. The highest BCUT2D eigenvalue weighted by Crippen LogP contribution is 2.30. The van der Waals surface area contributed by atoms with Crippen LogP contribution >= 0.6 is 0 Å². The Morgan fingerprint density at radius 1 is 1.35 bits per heavy atom. The maximum Gasteiger partial charge on any atom is 0.258 e. The van der Waals surface area contributed by atoms with E-state index in [0.717, 1.165) is 12.8 Å². The van der Waals surface area contributed by atoms with E-state index in [1.165, 1.54) is 13.5 Å². The zero-order valence-electron chi connectivity index (χ0n) is 14.0. The molecule has 0 spiro atoms. The van der Waals surface area contributed by atoms with Crippen molar-refractivity contribution in [3.05, 3.63) is 23.8 Å². The van der Waals surface area contributed by atoms with Crippen molar-refractivity contribution in [1.82, 2.24) is 5.32 Å². The van der Waals surface area contributed by atoms with Gasteiger partial charge in [-0.1, -0.05) is 26.7 Å². The maximum absolute atomic E-state index is 12.1. The minimum atomic E-state index is -0.123. The smallest absolute Gasteiger partial charge is 0.258 e. The zero-order valence-corrected chi connectivity index (χ0v) is 14.0. The van der Waals surface area contributed by atoms with Gasteiger partial charge in [-0.2, -0.15) is 5.26 Å². The quantitative estimate of drug-likeness (QED) is 0.906. The summed E-state index contributed by atoms with van der Waals surface area (Å²) >= 11 is 0. The summed E-state index contributed by atoms with van der Waals surface area (Å²) in [5.41, 5.74) is 0.490. The lowest BCUT2D eigenvalue weighted by Crippen LogP contribution is -2.45. The molecule has 1 aromatic rings. The molecule has 0 aromatic heterocycles. The molecule has 0 aliphatic heterocycles. The van der Waals surface area contributed by atoms with Gasteiger partial charge < -0.3 is 14.8 Å². The molecule has 3 atom stereocenters. The van der Waals surface area contributed by atoms with Gasteiger partial charge in [0.25, 0.3) is 5.91 Å². The van der Waals surface area contributed by atoms with Crippen LogP contribution in [-0.2, 0) is 4.79 Å². The third kappa shape index (κ3) is 4.38. The van der Waals surface area contributed by atoms with E-state index in [4.69, 9.17) is 14.7 Å². The van der Waals surface area contributed by atoms with Gasteiger partial charge in [0, 0.05) is 12.1 Å². The summed E-state index contributed by atoms with van der Waals surface area (Å²) in [6, 6.07) is 7.15. The third-order valence-electron chi connectivity index (χ3n) is 4.70. The van der Waals surface area contributed by atoms with E-state index in [1.54, 1.807) is 18.2 Å². The molecule has 23 heavy (non-hydrogen) atoms. The fourth-order valence-corrected chi connectivity index (χ4v) is 3.03. The van der Waals surface area contributed by atoms with Gasteiger partial charge in [-0.15, -0.1) is 0 Å². The van der Waals surface area contributed by atoms with E-state index in [1.807, 2.05) is 6.07 Å². The normalized spacial score (nSPS) is 23.7. The van der Waals surface area contributed by atoms with Crippen LogP contribution in [0.3, 0.4) is 0 Å². The number of nitrogens with zero attached hydrogens (tertiary/aromatic N) is 1. The van der Waals surface area contributed by atoms with Crippen molar-refractivity contribution < 1.29 is 14.3 Å². The number of carbonyl (C=O) groups excluding carboxylic acids is 1. The minimum absolute atomic E-state index is 0.0557. The molecule has 1 saturated carbocycles. The molecule has 1 aliphatic carbocycles. The average molecular weight is 316 g/mol. The minimum Gasteiger partial charge on any atom is -0.493 e. The van der Waals surface area contributed by atoms with Crippen LogP contribution in [0.4, 0.5) is 0 Å². The van der Waals surface area contributed by atoms with Gasteiger partial charge in [0.1, 0.15) is 0 Å². The summed E-state index contributed by atoms with van der Waals surface area (Å²) in [5.74, 6) is 1.91. The molecular weight excluding hydrogens is 292 g/mol. The molecule has 0 saturated heterocycles. The van der Waals surface area contributed by atoms with Crippen LogP contribution in [-0.4, -0.2) is 25.7 Å². The Labute approximate surface area is 137 Å². The Morgan fingerprint density at radius 3 is 2.83 bits per heavy atom. The number of methoxy groups -OCH3 is 1. The molecule has 0 radical (unpaired) electrons. The number of hydrogen-bond donors (Lipinski definition) is 1. The van der Waals surface area contributed by atoms with Crippen LogP contribution in [0.15, 0.2) is 18.2 Å². The van der Waals surface area contributed by atoms with Gasteiger partial charge in [-0.25, -0.2) is 0 Å². The summed E-state index contributed by atoms with van der Waals surface area (Å²) in [6.45, 7) is 4.38. The fourth-order valence-electron chi connectivity index (χ4n) is 3.03. The second-order valence-corrected chi connectivity index (χ2v) is 6.21. The van der Waals surface area contributed by atoms with E-state index in [-0.39, 0.29) is 18.6 Å². The van der Waals surface area contributed by atoms with E-state index < -0.39 is 0 Å². The van der Waals surface area contributed by atoms with E-state index in [2.05, 4.69) is 19.2 Å². The number of ether oxygens (including phenoxy) is 2. The molecule has 1 aliphatic rings. The lowest BCUT2D eigenvalue weighted by molar-refractivity contribution is -0.124. The molecule has 0 bridgehead atoms. The van der Waals surface area contributed by atoms with Crippen molar-refractivity contribution >= 4 is 5.91 Å². The molecule has 124 valence electrons. The van der Waals surface area contributed by atoms with Crippen molar-refractivity contribution in [2.24, 2.45) is 11.8 Å². The molecule has 1 N–H and O–H groups in total. The van der Waals surface area contributed by atoms with Crippen molar-refractivity contribution in [3.8, 4) is 17.6 Å². The lowest BCUT2D eigenvalue weighted by atomic mass is 9.78. The second-order valence-electron chi connectivity index (χ2n) is 6.21. The van der Waals surface area contributed by atoms with E-state index >= 15 is 0 Å². The van der Waals surface area contributed by atoms with Gasteiger partial charge in [0.05, 0.1) is 18.7 Å². The van der Waals surface area contributed by atoms with E-state index in [0.29, 0.717) is 28.9 Å². The fraction of sp³-hybridized carbons (Fsp3) is 0.556. The predicted molar refractivity (Wildman–Crippen MR) is 87.3 cm³/mol. The molecule has 5 nitrogen and oxygen atoms in total. The first-order valence-electron chi connectivity index (χ1n) is 8.05. The second kappa shape index (κ2) is 7.87. The summed E-state index contributed by atoms with van der Waals surface area (Å²) in [5, 5.41) is 12.0. The largest absolute Gasteiger partial charge is 0.493 e. The highest BCUT2D eigenvalue weighted by atomic mass is 16.5. The van der Waals surface area contributed by atoms with Crippen LogP contribution in [0.2, 0.25) is 0 Å². The Kier molecular flexibility index (Phi) is 5.86. The molecular formula is C18H24N2O3. The Balaban J connectivity index is 1.90. The highest BCUT2D eigenvalue weighted by Gasteiger charge is 2.28. The van der Waals surface area contributed by atoms with Crippen molar-refractivity contribution in [3.63, 3.8) is 0 Å². The molecule has 5 heteroatoms. The topological polar surface area (TPSA) is 71.3 Å². The van der Waals surface area contributed by atoms with Crippen molar-refractivity contribution in [2.75, 3.05) is 13.7 Å². The first-order valence-corrected chi connectivity index (χ1v) is 8.05. The van der Waals surface area contributed by atoms with Gasteiger partial charge >= 0.3 is 0 Å². The predicted octanol–water partition coefficient (Wildman–Crippen LogP) is 2.89. The van der Waals surface area contributed by atoms with Crippen LogP contribution in [0, 0.1) is 23.2 Å². The molecule has 0 heterocycles. The monoisotopic (exact) mass is 316 g/mol. The lowest BCUT2D eigenvalue weighted by Gasteiger charge is -2.34. The summed E-state index contributed by atoms with van der Waals surface area (Å²) in [4.78, 5) is 12.1. The highest BCUT2D eigenvalue weighted by molar-refractivity contribution is 5.78. The van der Waals surface area contributed by atoms with Crippen molar-refractivity contribution in [1.29, 1.82) is 5.26 Å². The number of rotatable bonds is 5. The van der Waals surface area contributed by atoms with Crippen LogP contribution in [0.5, 0.6) is 11.5 Å². The van der Waals surface area contributed by atoms with Crippen LogP contribution < -0.4 is 14.8 Å². The van der Waals surface area contributed by atoms with Crippen molar-refractivity contribution in [2.45, 2.75) is 39.2 Å². The van der Waals surface area contributed by atoms with Gasteiger partial charge in [-0.05, 0) is 30.4 Å². The molecule has 1 amide bonds. The van der Waals surface area contributed by atoms with Gasteiger partial charge in [0.2, 0.25) is 0 Å². The molecule has 0 unspecified atom stereocenters. The number of nitrogens with one attached hydrogen (secondary N) is 1. The Hall–Kier alpha value is -2.22. The number of amides is 1. The molecule has 1 aromatic carbocycles. The zero-order chi connectivity index (χ0) is 16.8. The number of nitriles is 1. The standard InChI is InChI=1S/C18H24N2O3/c1-12-5-4-6-15(13(12)2)20-18(21)11-23-16-8-7-14(10-19)9-17(16)22-3/h7-9,12-13,15H,4-6,11H2,1-3H3,(H,20,21)/t12-,13-,15-/m1/s1.